The minimum atomic E-state index is -3.87. The summed E-state index contributed by atoms with van der Waals surface area (Å²) in [5.74, 6) is -2.70. The van der Waals surface area contributed by atoms with E-state index in [0.29, 0.717) is 0 Å². The third-order valence-electron chi connectivity index (χ3n) is 3.28. The number of hydrogen-bond acceptors (Lipinski definition) is 3. The van der Waals surface area contributed by atoms with E-state index < -0.39 is 39.8 Å². The average molecular weight is 354 g/mol. The lowest BCUT2D eigenvalue weighted by atomic mass is 10.3. The molecule has 2 aromatic rings. The van der Waals surface area contributed by atoms with Crippen LogP contribution in [0.4, 0.5) is 14.5 Å². The van der Waals surface area contributed by atoms with Gasteiger partial charge in [0.15, 0.2) is 0 Å². The number of carbonyl (C=O) groups is 1. The quantitative estimate of drug-likeness (QED) is 0.867. The number of rotatable bonds is 6. The monoisotopic (exact) mass is 354 g/mol. The lowest BCUT2D eigenvalue weighted by molar-refractivity contribution is -0.116. The van der Waals surface area contributed by atoms with Crippen molar-refractivity contribution in [2.75, 3.05) is 18.4 Å². The van der Waals surface area contributed by atoms with Crippen molar-refractivity contribution in [2.24, 2.45) is 0 Å². The molecule has 0 heterocycles. The lowest BCUT2D eigenvalue weighted by Crippen LogP contribution is -2.38. The van der Waals surface area contributed by atoms with Crippen LogP contribution >= 0.6 is 0 Å². The topological polar surface area (TPSA) is 66.5 Å². The number of halogens is 2. The Kier molecular flexibility index (Phi) is 5.63. The van der Waals surface area contributed by atoms with Crippen LogP contribution in [0, 0.1) is 11.6 Å². The number of amides is 1. The van der Waals surface area contributed by atoms with Gasteiger partial charge in [-0.3, -0.25) is 4.79 Å². The molecule has 0 unspecified atom stereocenters. The van der Waals surface area contributed by atoms with Crippen molar-refractivity contribution < 1.29 is 22.0 Å². The molecule has 1 N–H and O–H groups in total. The van der Waals surface area contributed by atoms with Crippen molar-refractivity contribution in [3.63, 3.8) is 0 Å². The van der Waals surface area contributed by atoms with Crippen LogP contribution in [-0.2, 0) is 14.8 Å². The smallest absolute Gasteiger partial charge is 0.243 e. The van der Waals surface area contributed by atoms with Gasteiger partial charge in [-0.05, 0) is 24.3 Å². The van der Waals surface area contributed by atoms with Crippen molar-refractivity contribution in [2.45, 2.75) is 11.8 Å². The lowest BCUT2D eigenvalue weighted by Gasteiger charge is -2.20. The number of para-hydroxylation sites is 1. The predicted octanol–water partition coefficient (Wildman–Crippen LogP) is 2.61. The summed E-state index contributed by atoms with van der Waals surface area (Å²) in [5.41, 5.74) is -0.601. The van der Waals surface area contributed by atoms with Crippen LogP contribution in [0.15, 0.2) is 53.4 Å². The summed E-state index contributed by atoms with van der Waals surface area (Å²) in [7, 11) is -3.87. The Balaban J connectivity index is 2.17. The summed E-state index contributed by atoms with van der Waals surface area (Å²) in [4.78, 5) is 12.1. The molecule has 0 atom stereocenters. The fourth-order valence-corrected chi connectivity index (χ4v) is 3.49. The zero-order valence-electron chi connectivity index (χ0n) is 12.9. The van der Waals surface area contributed by atoms with Gasteiger partial charge in [0.25, 0.3) is 0 Å². The summed E-state index contributed by atoms with van der Waals surface area (Å²) in [6.07, 6.45) is 0. The second-order valence-electron chi connectivity index (χ2n) is 4.89. The minimum Gasteiger partial charge on any atom is -0.320 e. The molecule has 0 saturated carbocycles. The van der Waals surface area contributed by atoms with Gasteiger partial charge in [-0.2, -0.15) is 4.31 Å². The molecular formula is C16H16F2N2O3S. The third-order valence-corrected chi connectivity index (χ3v) is 5.22. The molecule has 0 radical (unpaired) electrons. The predicted molar refractivity (Wildman–Crippen MR) is 85.9 cm³/mol. The molecule has 0 aliphatic heterocycles. The van der Waals surface area contributed by atoms with Crippen LogP contribution in [-0.4, -0.2) is 31.7 Å². The van der Waals surface area contributed by atoms with Gasteiger partial charge in [-0.1, -0.05) is 31.2 Å². The van der Waals surface area contributed by atoms with Gasteiger partial charge in [0, 0.05) is 6.54 Å². The normalized spacial score (nSPS) is 11.5. The van der Waals surface area contributed by atoms with E-state index in [4.69, 9.17) is 0 Å². The fraction of sp³-hybridized carbons (Fsp3) is 0.188. The Bertz CT molecular complexity index is 806. The van der Waals surface area contributed by atoms with Crippen LogP contribution in [0.5, 0.6) is 0 Å². The second-order valence-corrected chi connectivity index (χ2v) is 6.83. The largest absolute Gasteiger partial charge is 0.320 e. The first kappa shape index (κ1) is 18.0. The summed E-state index contributed by atoms with van der Waals surface area (Å²) in [5, 5.41) is 2.07. The first-order chi connectivity index (χ1) is 11.4. The number of benzene rings is 2. The summed E-state index contributed by atoms with van der Waals surface area (Å²) < 4.78 is 53.0. The van der Waals surface area contributed by atoms with Crippen LogP contribution in [0.25, 0.3) is 0 Å². The van der Waals surface area contributed by atoms with Gasteiger partial charge < -0.3 is 5.32 Å². The Morgan fingerprint density at radius 3 is 2.17 bits per heavy atom. The maximum atomic E-state index is 13.5. The van der Waals surface area contributed by atoms with Gasteiger partial charge in [-0.15, -0.1) is 0 Å². The van der Waals surface area contributed by atoms with Crippen molar-refractivity contribution in [3.8, 4) is 0 Å². The summed E-state index contributed by atoms with van der Waals surface area (Å²) in [6, 6.07) is 10.8. The molecule has 0 aliphatic carbocycles. The summed E-state index contributed by atoms with van der Waals surface area (Å²) >= 11 is 0. The molecule has 0 bridgehead atoms. The molecule has 1 amide bonds. The van der Waals surface area contributed by atoms with E-state index in [0.717, 1.165) is 16.4 Å². The van der Waals surface area contributed by atoms with Gasteiger partial charge in [0.1, 0.15) is 17.3 Å². The molecule has 24 heavy (non-hydrogen) atoms. The van der Waals surface area contributed by atoms with E-state index in [1.54, 1.807) is 25.1 Å². The van der Waals surface area contributed by atoms with E-state index in [1.807, 2.05) is 0 Å². The van der Waals surface area contributed by atoms with Gasteiger partial charge in [-0.25, -0.2) is 17.2 Å². The van der Waals surface area contributed by atoms with E-state index in [1.165, 1.54) is 18.2 Å². The number of likely N-dealkylation sites (N-methyl/N-ethyl adjacent to an activating group) is 1. The molecule has 0 fully saturated rings. The van der Waals surface area contributed by atoms with Crippen molar-refractivity contribution in [3.05, 3.63) is 60.2 Å². The third kappa shape index (κ3) is 3.95. The number of nitrogens with zero attached hydrogens (tertiary/aromatic N) is 1. The highest BCUT2D eigenvalue weighted by Crippen LogP contribution is 2.19. The van der Waals surface area contributed by atoms with E-state index in [2.05, 4.69) is 5.32 Å². The van der Waals surface area contributed by atoms with E-state index in [-0.39, 0.29) is 11.4 Å². The molecular weight excluding hydrogens is 338 g/mol. The van der Waals surface area contributed by atoms with E-state index >= 15 is 0 Å². The number of carbonyl (C=O) groups excluding carboxylic acids is 1. The number of nitrogens with one attached hydrogen (secondary N) is 1. The minimum absolute atomic E-state index is 0.0321. The van der Waals surface area contributed by atoms with Crippen LogP contribution in [0.2, 0.25) is 0 Å². The molecule has 0 saturated heterocycles. The van der Waals surface area contributed by atoms with Gasteiger partial charge >= 0.3 is 0 Å². The molecule has 0 aliphatic rings. The van der Waals surface area contributed by atoms with Crippen molar-refractivity contribution in [1.82, 2.24) is 4.31 Å². The Morgan fingerprint density at radius 1 is 1.04 bits per heavy atom. The highest BCUT2D eigenvalue weighted by Gasteiger charge is 2.25. The molecule has 0 aromatic heterocycles. The van der Waals surface area contributed by atoms with Gasteiger partial charge in [0.2, 0.25) is 15.9 Å². The zero-order valence-corrected chi connectivity index (χ0v) is 13.7. The molecule has 2 rings (SSSR count). The maximum Gasteiger partial charge on any atom is 0.243 e. The van der Waals surface area contributed by atoms with Crippen molar-refractivity contribution in [1.29, 1.82) is 0 Å². The molecule has 5 nitrogen and oxygen atoms in total. The SMILES string of the molecule is CCN(CC(=O)Nc1c(F)cccc1F)S(=O)(=O)c1ccccc1. The first-order valence-electron chi connectivity index (χ1n) is 7.15. The summed E-state index contributed by atoms with van der Waals surface area (Å²) in [6.45, 7) is 1.04. The Labute approximate surface area is 139 Å². The second kappa shape index (κ2) is 7.50. The van der Waals surface area contributed by atoms with Crippen LogP contribution < -0.4 is 5.32 Å². The fourth-order valence-electron chi connectivity index (χ4n) is 2.06. The van der Waals surface area contributed by atoms with Crippen molar-refractivity contribution >= 4 is 21.6 Å². The van der Waals surface area contributed by atoms with E-state index in [9.17, 15) is 22.0 Å². The first-order valence-corrected chi connectivity index (χ1v) is 8.59. The highest BCUT2D eigenvalue weighted by molar-refractivity contribution is 7.89. The average Bonchev–Trinajstić information content (AvgIpc) is 2.57. The molecule has 0 spiro atoms. The maximum absolute atomic E-state index is 13.5. The number of anilines is 1. The number of hydrogen-bond donors (Lipinski definition) is 1. The Hall–Kier alpha value is -2.32. The zero-order chi connectivity index (χ0) is 17.7. The molecule has 2 aromatic carbocycles. The highest BCUT2D eigenvalue weighted by atomic mass is 32.2. The standard InChI is InChI=1S/C16H16F2N2O3S/c1-2-20(24(22,23)12-7-4-3-5-8-12)11-15(21)19-16-13(17)9-6-10-14(16)18/h3-10H,2,11H2,1H3,(H,19,21). The van der Waals surface area contributed by atoms with Gasteiger partial charge in [0.05, 0.1) is 11.4 Å². The molecule has 8 heteroatoms. The number of sulfonamides is 1. The Morgan fingerprint density at radius 2 is 1.62 bits per heavy atom. The molecule has 128 valence electrons. The van der Waals surface area contributed by atoms with Crippen LogP contribution in [0.1, 0.15) is 6.92 Å². The van der Waals surface area contributed by atoms with Crippen LogP contribution in [0.3, 0.4) is 0 Å².